The van der Waals surface area contributed by atoms with Crippen LogP contribution in [0.3, 0.4) is 0 Å². The smallest absolute Gasteiger partial charge is 0.132 e. The summed E-state index contributed by atoms with van der Waals surface area (Å²) in [5.74, 6) is -0.601. The molecule has 1 atom stereocenters. The van der Waals surface area contributed by atoms with Crippen LogP contribution in [0.25, 0.3) is 0 Å². The van der Waals surface area contributed by atoms with Gasteiger partial charge in [0, 0.05) is 39.8 Å². The van der Waals surface area contributed by atoms with Crippen LogP contribution in [0.4, 0.5) is 0 Å². The fourth-order valence-electron chi connectivity index (χ4n) is 3.95. The highest BCUT2D eigenvalue weighted by Gasteiger charge is 2.48. The molecule has 1 aliphatic carbocycles. The van der Waals surface area contributed by atoms with Crippen LogP contribution in [0.2, 0.25) is 0 Å². The Balaban J connectivity index is 1.69. The van der Waals surface area contributed by atoms with E-state index in [2.05, 4.69) is 4.98 Å². The van der Waals surface area contributed by atoms with Crippen LogP contribution < -0.4 is 4.74 Å². The van der Waals surface area contributed by atoms with Gasteiger partial charge in [-0.05, 0) is 68.4 Å². The zero-order valence-corrected chi connectivity index (χ0v) is 15.7. The average Bonchev–Trinajstić information content (AvgIpc) is 3.14. The molecule has 0 unspecified atom stereocenters. The molecule has 0 bridgehead atoms. The van der Waals surface area contributed by atoms with Gasteiger partial charge in [-0.15, -0.1) is 11.3 Å². The van der Waals surface area contributed by atoms with E-state index in [-0.39, 0.29) is 37.2 Å². The predicted molar refractivity (Wildman–Crippen MR) is 111 cm³/mol. The van der Waals surface area contributed by atoms with Gasteiger partial charge in [-0.2, -0.15) is 0 Å². The van der Waals surface area contributed by atoms with E-state index in [1.54, 1.807) is 24.4 Å². The van der Waals surface area contributed by atoms with Crippen molar-refractivity contribution in [2.24, 2.45) is 0 Å². The van der Waals surface area contributed by atoms with Crippen LogP contribution in [-0.4, -0.2) is 24.2 Å². The Hall–Kier alpha value is -1.39. The molecule has 0 radical (unpaired) electrons. The predicted octanol–water partition coefficient (Wildman–Crippen LogP) is 5.93. The summed E-state index contributed by atoms with van der Waals surface area (Å²) in [5.41, 5.74) is -1.73. The number of hydrogen-bond acceptors (Lipinski definition) is 4. The largest absolute Gasteiger partial charge is 0.496 e. The van der Waals surface area contributed by atoms with Gasteiger partial charge in [0.1, 0.15) is 5.75 Å². The fourth-order valence-corrected chi connectivity index (χ4v) is 4.53. The van der Waals surface area contributed by atoms with E-state index in [9.17, 15) is 0 Å². The maximum absolute atomic E-state index is 8.94. The second-order valence-electron chi connectivity index (χ2n) is 7.03. The summed E-state index contributed by atoms with van der Waals surface area (Å²) in [6.07, 6.45) is -8.55. The summed E-state index contributed by atoms with van der Waals surface area (Å²) in [5, 5.41) is -0.403. The third-order valence-corrected chi connectivity index (χ3v) is 6.01. The second-order valence-corrected chi connectivity index (χ2v) is 7.85. The lowest BCUT2D eigenvalue weighted by molar-refractivity contribution is -0.104. The van der Waals surface area contributed by atoms with Crippen molar-refractivity contribution in [3.63, 3.8) is 0 Å². The molecular weight excluding hydrogens is 354 g/mol. The molecule has 146 valence electrons. The van der Waals surface area contributed by atoms with Crippen molar-refractivity contribution in [2.45, 2.75) is 75.0 Å². The first-order valence-electron chi connectivity index (χ1n) is 15.5. The molecule has 4 heteroatoms. The molecule has 0 aromatic carbocycles. The molecule has 2 aromatic rings. The molecule has 0 amide bonds. The van der Waals surface area contributed by atoms with Gasteiger partial charge in [-0.25, -0.2) is 0 Å². The minimum absolute atomic E-state index is 0.0820. The third-order valence-electron chi connectivity index (χ3n) is 5.27. The van der Waals surface area contributed by atoms with Crippen LogP contribution >= 0.6 is 11.3 Å². The SMILES string of the molecule is [2H]c1sc(C([2H])([2H])CC([2H])([2H])C[C@@]2(c3ccccn3)CCOC3(CC([2H])([2H])C([2H])([2H])C3)C2)c(OC([2H])([2H])[2H])c1[2H]. The Morgan fingerprint density at radius 1 is 1.41 bits per heavy atom. The minimum atomic E-state index is -3.00. The molecule has 3 nitrogen and oxygen atoms in total. The molecule has 1 spiro atoms. The monoisotopic (exact) mass is 398 g/mol. The van der Waals surface area contributed by atoms with Crippen molar-refractivity contribution in [1.82, 2.24) is 4.98 Å². The van der Waals surface area contributed by atoms with E-state index in [0.717, 1.165) is 0 Å². The highest BCUT2D eigenvalue weighted by molar-refractivity contribution is 7.10. The first kappa shape index (κ1) is 8.96. The summed E-state index contributed by atoms with van der Waals surface area (Å²) >= 11 is 0.532. The van der Waals surface area contributed by atoms with Gasteiger partial charge in [-0.1, -0.05) is 25.2 Å². The molecule has 3 heterocycles. The topological polar surface area (TPSA) is 31.4 Å². The lowest BCUT2D eigenvalue weighted by Gasteiger charge is -2.46. The van der Waals surface area contributed by atoms with Crippen LogP contribution in [-0.2, 0) is 16.5 Å². The second kappa shape index (κ2) is 8.32. The number of methoxy groups -OCH3 is 1. The van der Waals surface area contributed by atoms with Crippen molar-refractivity contribution in [3.8, 4) is 5.75 Å². The summed E-state index contributed by atoms with van der Waals surface area (Å²) in [6, 6.07) is 4.58. The number of hydrogen-bond donors (Lipinski definition) is 0. The molecular formula is C23H31NO2S. The number of thiophene rings is 1. The Labute approximate surface area is 185 Å². The van der Waals surface area contributed by atoms with Crippen LogP contribution in [0, 0.1) is 0 Å². The lowest BCUT2D eigenvalue weighted by atomic mass is 9.67. The molecule has 4 rings (SSSR count). The molecule has 2 aliphatic rings. The fraction of sp³-hybridized carbons (Fsp3) is 0.609. The Morgan fingerprint density at radius 2 is 2.33 bits per heavy atom. The van der Waals surface area contributed by atoms with Crippen molar-refractivity contribution in [1.29, 1.82) is 0 Å². The van der Waals surface area contributed by atoms with E-state index < -0.39 is 67.1 Å². The number of rotatable bonds is 7. The van der Waals surface area contributed by atoms with Gasteiger partial charge >= 0.3 is 0 Å². The van der Waals surface area contributed by atoms with Crippen molar-refractivity contribution in [3.05, 3.63) is 46.4 Å². The lowest BCUT2D eigenvalue weighted by Crippen LogP contribution is -2.46. The quantitative estimate of drug-likeness (QED) is 0.579. The van der Waals surface area contributed by atoms with E-state index in [4.69, 9.17) is 27.3 Å². The zero-order valence-electron chi connectivity index (χ0n) is 27.9. The van der Waals surface area contributed by atoms with E-state index in [1.165, 1.54) is 0 Å². The average molecular weight is 399 g/mol. The molecule has 1 saturated heterocycles. The van der Waals surface area contributed by atoms with Crippen molar-refractivity contribution >= 4 is 11.3 Å². The van der Waals surface area contributed by atoms with Gasteiger partial charge < -0.3 is 9.47 Å². The Bertz CT molecular complexity index is 1220. The Morgan fingerprint density at radius 3 is 3.15 bits per heavy atom. The van der Waals surface area contributed by atoms with Crippen LogP contribution in [0.5, 0.6) is 5.75 Å². The Kier molecular flexibility index (Phi) is 2.76. The van der Waals surface area contributed by atoms with Crippen molar-refractivity contribution in [2.75, 3.05) is 13.6 Å². The molecule has 1 saturated carbocycles. The first-order chi connectivity index (χ1) is 18.1. The highest BCUT2D eigenvalue weighted by atomic mass is 32.1. The summed E-state index contributed by atoms with van der Waals surface area (Å²) in [7, 11) is -3.00. The number of ether oxygens (including phenoxy) is 2. The summed E-state index contributed by atoms with van der Waals surface area (Å²) in [4.78, 5) is 4.12. The van der Waals surface area contributed by atoms with E-state index >= 15 is 0 Å². The van der Waals surface area contributed by atoms with Gasteiger partial charge in [0.15, 0.2) is 0 Å². The number of nitrogens with zero attached hydrogens (tertiary/aromatic N) is 1. The van der Waals surface area contributed by atoms with Gasteiger partial charge in [0.05, 0.1) is 19.5 Å². The third kappa shape index (κ3) is 4.07. The van der Waals surface area contributed by atoms with Gasteiger partial charge in [0.2, 0.25) is 0 Å². The standard InChI is InChI=1S/C23H31NO2S/c1-25-19-10-17-27-20(19)8-2-4-11-22(21-9-3-7-15-24-21)14-16-26-23(18-22)12-5-6-13-23/h3,7,9-10,15,17H,2,4-6,8,11-14,16,18H2,1H3/t22-/m1/s1/i1D3,4D2,5D2,6D2,8D2,10D,17D. The zero-order chi connectivity index (χ0) is 30.0. The maximum Gasteiger partial charge on any atom is 0.132 e. The summed E-state index contributed by atoms with van der Waals surface area (Å²) in [6.45, 7) is 0.109. The van der Waals surface area contributed by atoms with E-state index in [1.807, 2.05) is 0 Å². The highest BCUT2D eigenvalue weighted by Crippen LogP contribution is 2.50. The van der Waals surface area contributed by atoms with Crippen LogP contribution in [0.15, 0.2) is 35.8 Å². The molecule has 1 aliphatic heterocycles. The number of aromatic nitrogens is 1. The molecule has 2 aromatic heterocycles. The summed E-state index contributed by atoms with van der Waals surface area (Å²) < 4.78 is 117. The van der Waals surface area contributed by atoms with Crippen LogP contribution in [0.1, 0.15) is 86.0 Å². The van der Waals surface area contributed by atoms with Crippen molar-refractivity contribution < 1.29 is 27.3 Å². The molecule has 27 heavy (non-hydrogen) atoms. The molecule has 2 fully saturated rings. The molecule has 0 N–H and O–H groups in total. The maximum atomic E-state index is 8.94. The number of pyridine rings is 1. The van der Waals surface area contributed by atoms with E-state index in [0.29, 0.717) is 23.5 Å². The normalized spacial score (nSPS) is 36.7. The van der Waals surface area contributed by atoms with Gasteiger partial charge in [0.25, 0.3) is 0 Å². The minimum Gasteiger partial charge on any atom is -0.496 e. The number of aryl methyl sites for hydroxylation is 1. The first-order valence-corrected chi connectivity index (χ1v) is 9.79. The van der Waals surface area contributed by atoms with Gasteiger partial charge in [-0.3, -0.25) is 4.98 Å².